The lowest BCUT2D eigenvalue weighted by Gasteiger charge is -2.32. The minimum Gasteiger partial charge on any atom is -0.380 e. The van der Waals surface area contributed by atoms with Gasteiger partial charge in [-0.1, -0.05) is 91.0 Å². The van der Waals surface area contributed by atoms with Gasteiger partial charge < -0.3 is 20.9 Å². The molecular formula is C49H43N9. The highest BCUT2D eigenvalue weighted by molar-refractivity contribution is 6.16. The van der Waals surface area contributed by atoms with E-state index in [1.54, 1.807) is 0 Å². The third kappa shape index (κ3) is 6.54. The zero-order valence-electron chi connectivity index (χ0n) is 32.9. The Morgan fingerprint density at radius 2 is 1.26 bits per heavy atom. The standard InChI is InChI=1S/C49H43N9/c1-29-5-20-41-44(52-29)38(23-26-50-41)32-8-14-35(15-9-32)47-55-48(36-16-10-33(11-17-36)39-24-27-51-42-21-6-30(2)53-45(39)42)57-49(56-47)37-18-12-34(13-19-37)40-25-28-58(4)43-22-7-31(3)54-46(40)43/h5-26,28,41,43,49-51H,27H2,1-4H3,(H,55,56,57). The summed E-state index contributed by atoms with van der Waals surface area (Å²) in [6, 6.07) is 30.2. The van der Waals surface area contributed by atoms with Gasteiger partial charge in [0.15, 0.2) is 6.17 Å². The monoisotopic (exact) mass is 757 g/mol. The van der Waals surface area contributed by atoms with Crippen molar-refractivity contribution < 1.29 is 0 Å². The fraction of sp³-hybridized carbons (Fsp3) is 0.163. The van der Waals surface area contributed by atoms with Crippen molar-refractivity contribution in [2.24, 2.45) is 20.0 Å². The molecule has 0 saturated heterocycles. The molecule has 0 saturated carbocycles. The molecule has 1 aromatic heterocycles. The lowest BCUT2D eigenvalue weighted by atomic mass is 9.94. The van der Waals surface area contributed by atoms with Gasteiger partial charge in [-0.05, 0) is 85.7 Å². The lowest BCUT2D eigenvalue weighted by molar-refractivity contribution is 0.416. The summed E-state index contributed by atoms with van der Waals surface area (Å²) < 4.78 is 0. The molecule has 3 unspecified atom stereocenters. The van der Waals surface area contributed by atoms with Gasteiger partial charge in [-0.25, -0.2) is 9.98 Å². The predicted octanol–water partition coefficient (Wildman–Crippen LogP) is 8.54. The van der Waals surface area contributed by atoms with Crippen LogP contribution in [-0.2, 0) is 0 Å². The Bertz CT molecular complexity index is 2700. The molecule has 9 heteroatoms. The predicted molar refractivity (Wildman–Crippen MR) is 238 cm³/mol. The van der Waals surface area contributed by atoms with Crippen LogP contribution < -0.4 is 16.0 Å². The Morgan fingerprint density at radius 3 is 1.98 bits per heavy atom. The van der Waals surface area contributed by atoms with Crippen molar-refractivity contribution in [2.45, 2.75) is 39.0 Å². The van der Waals surface area contributed by atoms with Crippen molar-refractivity contribution in [1.29, 1.82) is 0 Å². The van der Waals surface area contributed by atoms with E-state index in [-0.39, 0.29) is 12.1 Å². The number of dihydropyridines is 3. The van der Waals surface area contributed by atoms with Crippen LogP contribution in [0.2, 0.25) is 0 Å². The second kappa shape index (κ2) is 14.4. The molecule has 9 nitrogen and oxygen atoms in total. The number of hydrogen-bond donors (Lipinski definition) is 3. The molecular weight excluding hydrogens is 715 g/mol. The van der Waals surface area contributed by atoms with Crippen LogP contribution in [-0.4, -0.2) is 58.7 Å². The molecule has 3 N–H and O–H groups in total. The van der Waals surface area contributed by atoms with E-state index in [9.17, 15) is 0 Å². The first-order valence-corrected chi connectivity index (χ1v) is 19.8. The van der Waals surface area contributed by atoms with Crippen LogP contribution >= 0.6 is 0 Å². The zero-order valence-corrected chi connectivity index (χ0v) is 32.9. The number of pyridine rings is 1. The molecule has 0 amide bonds. The van der Waals surface area contributed by atoms with Crippen LogP contribution in [0, 0.1) is 6.92 Å². The summed E-state index contributed by atoms with van der Waals surface area (Å²) in [4.78, 5) is 27.4. The van der Waals surface area contributed by atoms with E-state index < -0.39 is 6.17 Å². The van der Waals surface area contributed by atoms with Gasteiger partial charge in [0.25, 0.3) is 0 Å². The number of benzene rings is 3. The molecule has 3 atom stereocenters. The number of likely N-dealkylation sites (N-methyl/N-ethyl adjacent to an activating group) is 1. The highest BCUT2D eigenvalue weighted by Gasteiger charge is 2.27. The molecule has 0 spiro atoms. The smallest absolute Gasteiger partial charge is 0.169 e. The third-order valence-electron chi connectivity index (χ3n) is 11.3. The summed E-state index contributed by atoms with van der Waals surface area (Å²) in [7, 11) is 2.09. The minimum atomic E-state index is -0.452. The molecule has 0 radical (unpaired) electrons. The first kappa shape index (κ1) is 35.3. The Kier molecular flexibility index (Phi) is 8.78. The van der Waals surface area contributed by atoms with Crippen LogP contribution in [0.15, 0.2) is 171 Å². The maximum Gasteiger partial charge on any atom is 0.169 e. The van der Waals surface area contributed by atoms with E-state index in [0.29, 0.717) is 0 Å². The SMILES string of the molecule is CC1=NC2=C(c3ccc(C4=NC(c5ccc(C6=C7N=C(C)C=CC7N(C)C=C6)cc5)N=C(c5ccc(C6=CCNc7ccc(C)nc76)cc5)N4)cc3)C=CNC2C=C1. The number of allylic oxidation sites excluding steroid dienone is 6. The van der Waals surface area contributed by atoms with E-state index >= 15 is 0 Å². The van der Waals surface area contributed by atoms with Gasteiger partial charge in [-0.15, -0.1) is 0 Å². The first-order valence-electron chi connectivity index (χ1n) is 19.8. The molecule has 58 heavy (non-hydrogen) atoms. The highest BCUT2D eigenvalue weighted by atomic mass is 15.2. The van der Waals surface area contributed by atoms with E-state index in [1.807, 2.05) is 33.0 Å². The van der Waals surface area contributed by atoms with E-state index in [4.69, 9.17) is 25.0 Å². The summed E-state index contributed by atoms with van der Waals surface area (Å²) in [6.07, 6.45) is 18.7. The fourth-order valence-corrected chi connectivity index (χ4v) is 8.19. The van der Waals surface area contributed by atoms with Crippen LogP contribution in [0.5, 0.6) is 0 Å². The third-order valence-corrected chi connectivity index (χ3v) is 11.3. The van der Waals surface area contributed by atoms with Gasteiger partial charge in [-0.2, -0.15) is 0 Å². The average molecular weight is 758 g/mol. The summed E-state index contributed by atoms with van der Waals surface area (Å²) in [6.45, 7) is 6.87. The molecule has 0 aliphatic carbocycles. The second-order valence-electron chi connectivity index (χ2n) is 15.3. The van der Waals surface area contributed by atoms with Crippen molar-refractivity contribution in [3.63, 3.8) is 0 Å². The number of aryl methyl sites for hydroxylation is 1. The van der Waals surface area contributed by atoms with E-state index in [0.717, 1.165) is 108 Å². The van der Waals surface area contributed by atoms with Crippen molar-refractivity contribution >= 4 is 45.5 Å². The van der Waals surface area contributed by atoms with E-state index in [2.05, 4.69) is 155 Å². The Balaban J connectivity index is 0.996. The number of hydrogen-bond acceptors (Lipinski definition) is 9. The number of aromatic nitrogens is 1. The van der Waals surface area contributed by atoms with Crippen LogP contribution in [0.1, 0.15) is 64.8 Å². The minimum absolute atomic E-state index is 0.0662. The maximum atomic E-state index is 5.23. The topological polar surface area (TPSA) is 102 Å². The number of anilines is 1. The summed E-state index contributed by atoms with van der Waals surface area (Å²) in [5.74, 6) is 1.53. The van der Waals surface area contributed by atoms with Gasteiger partial charge >= 0.3 is 0 Å². The molecule has 6 aliphatic heterocycles. The fourth-order valence-electron chi connectivity index (χ4n) is 8.19. The largest absolute Gasteiger partial charge is 0.380 e. The normalized spacial score (nSPS) is 21.7. The Hall–Kier alpha value is -7.13. The van der Waals surface area contributed by atoms with Crippen molar-refractivity contribution in [3.05, 3.63) is 196 Å². The van der Waals surface area contributed by atoms with Crippen molar-refractivity contribution in [2.75, 3.05) is 18.9 Å². The number of rotatable bonds is 6. The molecule has 6 aliphatic rings. The van der Waals surface area contributed by atoms with Gasteiger partial charge in [0.1, 0.15) is 11.7 Å². The van der Waals surface area contributed by atoms with Crippen LogP contribution in [0.3, 0.4) is 0 Å². The first-order chi connectivity index (χ1) is 28.3. The zero-order chi connectivity index (χ0) is 39.3. The second-order valence-corrected chi connectivity index (χ2v) is 15.3. The number of nitrogens with zero attached hydrogens (tertiary/aromatic N) is 6. The van der Waals surface area contributed by atoms with Crippen molar-refractivity contribution in [3.8, 4) is 0 Å². The average Bonchev–Trinajstić information content (AvgIpc) is 3.26. The lowest BCUT2D eigenvalue weighted by Crippen LogP contribution is -2.36. The Morgan fingerprint density at radius 1 is 0.638 bits per heavy atom. The molecule has 4 aromatic rings. The molecule has 284 valence electrons. The van der Waals surface area contributed by atoms with Crippen molar-refractivity contribution in [1.82, 2.24) is 20.5 Å². The molecule has 3 aromatic carbocycles. The van der Waals surface area contributed by atoms with E-state index in [1.165, 1.54) is 0 Å². The number of amidine groups is 2. The molecule has 10 rings (SSSR count). The summed E-state index contributed by atoms with van der Waals surface area (Å²) in [5, 5.41) is 10.5. The maximum absolute atomic E-state index is 5.23. The summed E-state index contributed by atoms with van der Waals surface area (Å²) in [5.41, 5.74) is 16.8. The number of aliphatic imine (C=N–C) groups is 4. The molecule has 0 fully saturated rings. The van der Waals surface area contributed by atoms with Gasteiger partial charge in [0.2, 0.25) is 0 Å². The number of fused-ring (bicyclic) bond motifs is 3. The quantitative estimate of drug-likeness (QED) is 0.183. The van der Waals surface area contributed by atoms with Gasteiger partial charge in [-0.3, -0.25) is 15.0 Å². The summed E-state index contributed by atoms with van der Waals surface area (Å²) >= 11 is 0. The molecule has 7 heterocycles. The van der Waals surface area contributed by atoms with Crippen LogP contribution in [0.4, 0.5) is 5.69 Å². The van der Waals surface area contributed by atoms with Gasteiger partial charge in [0, 0.05) is 64.8 Å². The number of nitrogens with one attached hydrogen (secondary N) is 3. The van der Waals surface area contributed by atoms with Gasteiger partial charge in [0.05, 0.1) is 34.9 Å². The van der Waals surface area contributed by atoms with Crippen LogP contribution in [0.25, 0.3) is 16.7 Å². The highest BCUT2D eigenvalue weighted by Crippen LogP contribution is 2.35. The molecule has 0 bridgehead atoms. The Labute approximate surface area is 338 Å².